The van der Waals surface area contributed by atoms with Gasteiger partial charge < -0.3 is 10.1 Å². The van der Waals surface area contributed by atoms with E-state index in [9.17, 15) is 5.26 Å². The molecule has 2 aromatic carbocycles. The van der Waals surface area contributed by atoms with Crippen LogP contribution in [0.1, 0.15) is 11.1 Å². The second-order valence-electron chi connectivity index (χ2n) is 4.99. The maximum atomic E-state index is 9.34. The van der Waals surface area contributed by atoms with Gasteiger partial charge in [0.25, 0.3) is 0 Å². The Morgan fingerprint density at radius 2 is 2.09 bits per heavy atom. The minimum absolute atomic E-state index is 0.492. The number of anilines is 1. The van der Waals surface area contributed by atoms with Gasteiger partial charge in [-0.25, -0.2) is 0 Å². The lowest BCUT2D eigenvalue weighted by molar-refractivity contribution is 0.410. The molecule has 0 unspecified atom stereocenters. The first-order valence-electron chi connectivity index (χ1n) is 7.07. The average molecular weight is 324 g/mol. The molecule has 4 nitrogen and oxygen atoms in total. The fourth-order valence-corrected chi connectivity index (χ4v) is 2.68. The SMILES string of the molecule is COc1ccc(Cl)cc1CNc1c(C#N)cnc2ccccc12. The fraction of sp³-hybridized carbons (Fsp3) is 0.111. The first-order chi connectivity index (χ1) is 11.2. The van der Waals surface area contributed by atoms with Crippen molar-refractivity contribution in [1.29, 1.82) is 5.26 Å². The summed E-state index contributed by atoms with van der Waals surface area (Å²) in [4.78, 5) is 4.31. The molecule has 0 amide bonds. The summed E-state index contributed by atoms with van der Waals surface area (Å²) in [7, 11) is 1.62. The van der Waals surface area contributed by atoms with Crippen molar-refractivity contribution in [3.63, 3.8) is 0 Å². The Labute approximate surface area is 139 Å². The lowest BCUT2D eigenvalue weighted by Crippen LogP contribution is -2.04. The van der Waals surface area contributed by atoms with E-state index in [0.29, 0.717) is 17.1 Å². The summed E-state index contributed by atoms with van der Waals surface area (Å²) in [6.07, 6.45) is 1.58. The Hall–Kier alpha value is -2.77. The summed E-state index contributed by atoms with van der Waals surface area (Å²) in [6.45, 7) is 0.492. The van der Waals surface area contributed by atoms with E-state index in [1.54, 1.807) is 19.4 Å². The number of para-hydroxylation sites is 1. The number of aromatic nitrogens is 1. The summed E-state index contributed by atoms with van der Waals surface area (Å²) in [5.41, 5.74) is 3.03. The molecule has 1 aromatic heterocycles. The van der Waals surface area contributed by atoms with E-state index < -0.39 is 0 Å². The zero-order valence-corrected chi connectivity index (χ0v) is 13.3. The lowest BCUT2D eigenvalue weighted by Gasteiger charge is -2.13. The van der Waals surface area contributed by atoms with E-state index in [2.05, 4.69) is 16.4 Å². The van der Waals surface area contributed by atoms with Gasteiger partial charge in [0.05, 0.1) is 23.9 Å². The molecule has 5 heteroatoms. The van der Waals surface area contributed by atoms with Gasteiger partial charge in [-0.2, -0.15) is 5.26 Å². The smallest absolute Gasteiger partial charge is 0.123 e. The summed E-state index contributed by atoms with van der Waals surface area (Å²) in [5, 5.41) is 14.2. The number of hydrogen-bond acceptors (Lipinski definition) is 4. The summed E-state index contributed by atoms with van der Waals surface area (Å²) < 4.78 is 5.36. The summed E-state index contributed by atoms with van der Waals surface area (Å²) in [5.74, 6) is 0.749. The van der Waals surface area contributed by atoms with Crippen LogP contribution in [0, 0.1) is 11.3 Å². The highest BCUT2D eigenvalue weighted by Crippen LogP contribution is 2.28. The first-order valence-corrected chi connectivity index (χ1v) is 7.45. The molecule has 0 saturated carbocycles. The number of halogens is 1. The van der Waals surface area contributed by atoms with Gasteiger partial charge in [-0.1, -0.05) is 29.8 Å². The fourth-order valence-electron chi connectivity index (χ4n) is 2.49. The van der Waals surface area contributed by atoms with Crippen LogP contribution < -0.4 is 10.1 Å². The van der Waals surface area contributed by atoms with Gasteiger partial charge in [0.15, 0.2) is 0 Å². The van der Waals surface area contributed by atoms with E-state index in [1.807, 2.05) is 36.4 Å². The molecule has 0 saturated heterocycles. The van der Waals surface area contributed by atoms with E-state index in [-0.39, 0.29) is 0 Å². The molecule has 0 bridgehead atoms. The standard InChI is InChI=1S/C18H14ClN3O/c1-23-17-7-6-14(19)8-12(17)10-22-18-13(9-20)11-21-16-5-3-2-4-15(16)18/h2-8,11H,10H2,1H3,(H,21,22). The number of benzene rings is 2. The number of pyridine rings is 1. The highest BCUT2D eigenvalue weighted by molar-refractivity contribution is 6.30. The molecule has 3 aromatic rings. The second-order valence-corrected chi connectivity index (χ2v) is 5.42. The molecular formula is C18H14ClN3O. The molecule has 23 heavy (non-hydrogen) atoms. The van der Waals surface area contributed by atoms with Crippen LogP contribution in [0.25, 0.3) is 10.9 Å². The maximum absolute atomic E-state index is 9.34. The summed E-state index contributed by atoms with van der Waals surface area (Å²) >= 11 is 6.06. The Bertz CT molecular complexity index is 902. The highest BCUT2D eigenvalue weighted by Gasteiger charge is 2.10. The van der Waals surface area contributed by atoms with E-state index in [0.717, 1.165) is 27.9 Å². The van der Waals surface area contributed by atoms with E-state index in [1.165, 1.54) is 0 Å². The largest absolute Gasteiger partial charge is 0.496 e. The summed E-state index contributed by atoms with van der Waals surface area (Å²) in [6, 6.07) is 15.4. The van der Waals surface area contributed by atoms with Crippen LogP contribution >= 0.6 is 11.6 Å². The molecule has 114 valence electrons. The zero-order chi connectivity index (χ0) is 16.2. The molecule has 0 fully saturated rings. The molecule has 0 aliphatic carbocycles. The van der Waals surface area contributed by atoms with E-state index >= 15 is 0 Å². The molecule has 0 aliphatic rings. The van der Waals surface area contributed by atoms with Crippen molar-refractivity contribution in [3.05, 3.63) is 64.8 Å². The molecule has 0 aliphatic heterocycles. The highest BCUT2D eigenvalue weighted by atomic mass is 35.5. The minimum Gasteiger partial charge on any atom is -0.496 e. The van der Waals surface area contributed by atoms with Crippen molar-refractivity contribution < 1.29 is 4.74 Å². The molecule has 0 spiro atoms. The first kappa shape index (κ1) is 15.1. The predicted molar refractivity (Wildman–Crippen MR) is 91.8 cm³/mol. The normalized spacial score (nSPS) is 10.3. The van der Waals surface area contributed by atoms with Crippen molar-refractivity contribution in [2.75, 3.05) is 12.4 Å². The zero-order valence-electron chi connectivity index (χ0n) is 12.5. The number of nitriles is 1. The van der Waals surface area contributed by atoms with Gasteiger partial charge >= 0.3 is 0 Å². The quantitative estimate of drug-likeness (QED) is 0.774. The maximum Gasteiger partial charge on any atom is 0.123 e. The Morgan fingerprint density at radius 1 is 1.26 bits per heavy atom. The molecule has 1 N–H and O–H groups in total. The molecule has 0 radical (unpaired) electrons. The third kappa shape index (κ3) is 3.05. The second kappa shape index (κ2) is 6.55. The van der Waals surface area contributed by atoms with Crippen LogP contribution in [0.4, 0.5) is 5.69 Å². The van der Waals surface area contributed by atoms with Gasteiger partial charge in [0.1, 0.15) is 11.8 Å². The number of rotatable bonds is 4. The van der Waals surface area contributed by atoms with Crippen molar-refractivity contribution in [1.82, 2.24) is 4.98 Å². The Kier molecular flexibility index (Phi) is 4.31. The third-order valence-electron chi connectivity index (χ3n) is 3.59. The number of nitrogens with one attached hydrogen (secondary N) is 1. The van der Waals surface area contributed by atoms with Crippen LogP contribution in [-0.4, -0.2) is 12.1 Å². The van der Waals surface area contributed by atoms with Crippen molar-refractivity contribution in [2.45, 2.75) is 6.54 Å². The third-order valence-corrected chi connectivity index (χ3v) is 3.83. The van der Waals surface area contributed by atoms with Gasteiger partial charge in [-0.05, 0) is 24.3 Å². The molecule has 1 heterocycles. The van der Waals surface area contributed by atoms with Crippen LogP contribution in [0.2, 0.25) is 5.02 Å². The van der Waals surface area contributed by atoms with Crippen LogP contribution in [0.5, 0.6) is 5.75 Å². The Balaban J connectivity index is 1.99. The van der Waals surface area contributed by atoms with Gasteiger partial charge in [-0.15, -0.1) is 0 Å². The average Bonchev–Trinajstić information content (AvgIpc) is 2.59. The number of methoxy groups -OCH3 is 1. The van der Waals surface area contributed by atoms with Crippen molar-refractivity contribution in [2.24, 2.45) is 0 Å². The topological polar surface area (TPSA) is 57.9 Å². The van der Waals surface area contributed by atoms with Gasteiger partial charge in [-0.3, -0.25) is 4.98 Å². The number of ether oxygens (including phenoxy) is 1. The molecule has 0 atom stereocenters. The monoisotopic (exact) mass is 323 g/mol. The number of nitrogens with zero attached hydrogens (tertiary/aromatic N) is 2. The number of hydrogen-bond donors (Lipinski definition) is 1. The number of fused-ring (bicyclic) bond motifs is 1. The van der Waals surface area contributed by atoms with Gasteiger partial charge in [0, 0.05) is 28.7 Å². The van der Waals surface area contributed by atoms with Crippen molar-refractivity contribution in [3.8, 4) is 11.8 Å². The van der Waals surface area contributed by atoms with Gasteiger partial charge in [0.2, 0.25) is 0 Å². The molecular weight excluding hydrogens is 310 g/mol. The van der Waals surface area contributed by atoms with E-state index in [4.69, 9.17) is 16.3 Å². The Morgan fingerprint density at radius 3 is 2.87 bits per heavy atom. The van der Waals surface area contributed by atoms with Crippen LogP contribution in [-0.2, 0) is 6.54 Å². The molecule has 3 rings (SSSR count). The predicted octanol–water partition coefficient (Wildman–Crippen LogP) is 4.38. The lowest BCUT2D eigenvalue weighted by atomic mass is 10.1. The van der Waals surface area contributed by atoms with Crippen LogP contribution in [0.3, 0.4) is 0 Å². The van der Waals surface area contributed by atoms with Crippen LogP contribution in [0.15, 0.2) is 48.7 Å². The minimum atomic E-state index is 0.492. The van der Waals surface area contributed by atoms with Crippen molar-refractivity contribution >= 4 is 28.2 Å².